The normalized spacial score (nSPS) is 23.1. The van der Waals surface area contributed by atoms with Crippen LogP contribution in [0.3, 0.4) is 0 Å². The first-order valence-corrected chi connectivity index (χ1v) is 8.81. The second-order valence-corrected chi connectivity index (χ2v) is 7.16. The van der Waals surface area contributed by atoms with E-state index in [1.165, 1.54) is 12.1 Å². The predicted molar refractivity (Wildman–Crippen MR) is 102 cm³/mol. The highest BCUT2D eigenvalue weighted by atomic mass is 19.2. The number of aromatic nitrogens is 2. The molecule has 0 radical (unpaired) electrons. The van der Waals surface area contributed by atoms with Gasteiger partial charge in [0.25, 0.3) is 0 Å². The van der Waals surface area contributed by atoms with E-state index in [1.807, 2.05) is 18.2 Å². The third-order valence-corrected chi connectivity index (χ3v) is 5.46. The van der Waals surface area contributed by atoms with Gasteiger partial charge >= 0.3 is 0 Å². The van der Waals surface area contributed by atoms with Crippen molar-refractivity contribution in [1.82, 2.24) is 15.5 Å². The lowest BCUT2D eigenvalue weighted by Gasteiger charge is -2.35. The molecule has 2 aliphatic rings. The molecule has 7 nitrogen and oxygen atoms in total. The first-order valence-electron chi connectivity index (χ1n) is 8.81. The molecule has 6 N–H and O–H groups in total. The van der Waals surface area contributed by atoms with E-state index in [0.29, 0.717) is 18.7 Å². The van der Waals surface area contributed by atoms with Crippen molar-refractivity contribution in [3.8, 4) is 0 Å². The largest absolute Gasteiger partial charge is 0.370 e. The summed E-state index contributed by atoms with van der Waals surface area (Å²) in [5.74, 6) is -2.91. The standard InChI is InChI=1S/C19H17F2N7/c20-13-3-1-2-12(15(13)21)18(6-7-18)19(23)26-16(25-17(22)27-19)10-4-5-11-9-24-28-14(11)8-10/h1-5,8-9H,6-7,23H2,(H,24,28)(H3,22,25,26,27). The van der Waals surface area contributed by atoms with Crippen molar-refractivity contribution in [1.29, 1.82) is 0 Å². The third-order valence-electron chi connectivity index (χ3n) is 5.46. The van der Waals surface area contributed by atoms with Gasteiger partial charge in [0.2, 0.25) is 5.79 Å². The molecular weight excluding hydrogens is 364 g/mol. The highest BCUT2D eigenvalue weighted by Gasteiger charge is 2.62. The highest BCUT2D eigenvalue weighted by molar-refractivity contribution is 6.11. The number of aromatic amines is 1. The lowest BCUT2D eigenvalue weighted by Crippen LogP contribution is -2.56. The summed E-state index contributed by atoms with van der Waals surface area (Å²) in [7, 11) is 0. The topological polar surface area (TPSA) is 117 Å². The summed E-state index contributed by atoms with van der Waals surface area (Å²) in [4.78, 5) is 8.89. The molecule has 1 aromatic heterocycles. The van der Waals surface area contributed by atoms with Crippen molar-refractivity contribution in [2.24, 2.45) is 21.5 Å². The summed E-state index contributed by atoms with van der Waals surface area (Å²) >= 11 is 0. The average Bonchev–Trinajstić information content (AvgIpc) is 3.35. The number of hydrogen-bond donors (Lipinski definition) is 4. The van der Waals surface area contributed by atoms with E-state index in [9.17, 15) is 8.78 Å². The van der Waals surface area contributed by atoms with E-state index in [4.69, 9.17) is 11.5 Å². The van der Waals surface area contributed by atoms with E-state index in [-0.39, 0.29) is 11.5 Å². The molecule has 2 heterocycles. The lowest BCUT2D eigenvalue weighted by atomic mass is 9.88. The van der Waals surface area contributed by atoms with Gasteiger partial charge in [-0.3, -0.25) is 10.8 Å². The molecule has 1 atom stereocenters. The van der Waals surface area contributed by atoms with Gasteiger partial charge in [0, 0.05) is 16.5 Å². The van der Waals surface area contributed by atoms with E-state index >= 15 is 0 Å². The van der Waals surface area contributed by atoms with Crippen molar-refractivity contribution in [3.05, 3.63) is 65.4 Å². The first-order chi connectivity index (χ1) is 13.4. The highest BCUT2D eigenvalue weighted by Crippen LogP contribution is 2.57. The molecule has 5 rings (SSSR count). The fourth-order valence-electron chi connectivity index (χ4n) is 3.83. The van der Waals surface area contributed by atoms with Crippen molar-refractivity contribution < 1.29 is 8.78 Å². The number of rotatable bonds is 3. The van der Waals surface area contributed by atoms with Gasteiger partial charge in [-0.15, -0.1) is 0 Å². The number of fused-ring (bicyclic) bond motifs is 1. The van der Waals surface area contributed by atoms with Crippen LogP contribution in [0.4, 0.5) is 8.78 Å². The Labute approximate surface area is 158 Å². The van der Waals surface area contributed by atoms with Crippen molar-refractivity contribution in [2.75, 3.05) is 0 Å². The second kappa shape index (κ2) is 5.59. The first kappa shape index (κ1) is 16.8. The Kier molecular flexibility index (Phi) is 3.35. The minimum Gasteiger partial charge on any atom is -0.370 e. The van der Waals surface area contributed by atoms with Crippen molar-refractivity contribution >= 4 is 22.7 Å². The van der Waals surface area contributed by atoms with Gasteiger partial charge in [-0.1, -0.05) is 24.3 Å². The number of H-pyrrole nitrogens is 1. The summed E-state index contributed by atoms with van der Waals surface area (Å²) in [5, 5.41) is 10.8. The summed E-state index contributed by atoms with van der Waals surface area (Å²) in [6, 6.07) is 9.66. The zero-order chi connectivity index (χ0) is 19.5. The predicted octanol–water partition coefficient (Wildman–Crippen LogP) is 1.85. The number of nitrogens with zero attached hydrogens (tertiary/aromatic N) is 3. The number of halogens is 2. The molecule has 1 fully saturated rings. The Balaban J connectivity index is 1.63. The molecule has 0 saturated heterocycles. The number of nitrogens with one attached hydrogen (secondary N) is 2. The second-order valence-electron chi connectivity index (χ2n) is 7.16. The Morgan fingerprint density at radius 1 is 1.07 bits per heavy atom. The zero-order valence-electron chi connectivity index (χ0n) is 14.7. The van der Waals surface area contributed by atoms with E-state index in [0.717, 1.165) is 22.5 Å². The number of amidine groups is 1. The van der Waals surface area contributed by atoms with Crippen molar-refractivity contribution in [2.45, 2.75) is 24.0 Å². The van der Waals surface area contributed by atoms with Crippen LogP contribution in [0.5, 0.6) is 0 Å². The van der Waals surface area contributed by atoms with E-state index in [1.54, 1.807) is 6.20 Å². The van der Waals surface area contributed by atoms with Crippen LogP contribution in [0.1, 0.15) is 24.0 Å². The molecule has 142 valence electrons. The minimum absolute atomic E-state index is 0.0697. The van der Waals surface area contributed by atoms with Crippen LogP contribution in [0, 0.1) is 11.6 Å². The molecule has 2 aromatic carbocycles. The number of guanidine groups is 1. The van der Waals surface area contributed by atoms with Gasteiger partial charge in [0.05, 0.1) is 17.1 Å². The molecule has 1 aliphatic heterocycles. The fourth-order valence-corrected chi connectivity index (χ4v) is 3.83. The Hall–Kier alpha value is -3.33. The number of nitrogens with two attached hydrogens (primary N) is 2. The van der Waals surface area contributed by atoms with E-state index in [2.05, 4.69) is 25.5 Å². The molecular formula is C19H17F2N7. The maximum absolute atomic E-state index is 14.5. The monoisotopic (exact) mass is 381 g/mol. The quantitative estimate of drug-likeness (QED) is 0.554. The van der Waals surface area contributed by atoms with Gasteiger partial charge in [-0.25, -0.2) is 18.8 Å². The number of aliphatic imine (C=N–C) groups is 2. The maximum atomic E-state index is 14.5. The average molecular weight is 381 g/mol. The van der Waals surface area contributed by atoms with Crippen molar-refractivity contribution in [3.63, 3.8) is 0 Å². The Morgan fingerprint density at radius 2 is 1.89 bits per heavy atom. The zero-order valence-corrected chi connectivity index (χ0v) is 14.7. The smallest absolute Gasteiger partial charge is 0.217 e. The van der Waals surface area contributed by atoms with Crippen LogP contribution < -0.4 is 16.8 Å². The summed E-state index contributed by atoms with van der Waals surface area (Å²) < 4.78 is 28.4. The molecule has 1 aliphatic carbocycles. The van der Waals surface area contributed by atoms with Crippen LogP contribution >= 0.6 is 0 Å². The van der Waals surface area contributed by atoms with Gasteiger partial charge in [0.15, 0.2) is 17.6 Å². The third kappa shape index (κ3) is 2.32. The fraction of sp³-hybridized carbons (Fsp3) is 0.211. The van der Waals surface area contributed by atoms with Gasteiger partial charge in [-0.2, -0.15) is 5.10 Å². The summed E-state index contributed by atoms with van der Waals surface area (Å²) in [6.45, 7) is 0. The molecule has 0 spiro atoms. The SMILES string of the molecule is NC1=NC(N)(C2(c3cccc(F)c3F)CC2)N=C(c2ccc3cn[nH]c3c2)N1. The van der Waals surface area contributed by atoms with Gasteiger partial charge in [-0.05, 0) is 25.0 Å². The number of benzene rings is 2. The molecule has 1 saturated carbocycles. The molecule has 0 amide bonds. The van der Waals surface area contributed by atoms with E-state index < -0.39 is 22.8 Å². The maximum Gasteiger partial charge on any atom is 0.217 e. The lowest BCUT2D eigenvalue weighted by molar-refractivity contribution is 0.335. The number of hydrogen-bond acceptors (Lipinski definition) is 6. The summed E-state index contributed by atoms with van der Waals surface area (Å²) in [6.07, 6.45) is 2.76. The molecule has 3 aromatic rings. The molecule has 9 heteroatoms. The molecule has 1 unspecified atom stereocenters. The minimum atomic E-state index is -1.55. The molecule has 28 heavy (non-hydrogen) atoms. The Bertz CT molecular complexity index is 1160. The van der Waals surface area contributed by atoms with Crippen LogP contribution in [-0.2, 0) is 5.41 Å². The Morgan fingerprint density at radius 3 is 2.68 bits per heavy atom. The van der Waals surface area contributed by atoms with Crippen LogP contribution in [0.25, 0.3) is 10.9 Å². The van der Waals surface area contributed by atoms with Crippen LogP contribution in [-0.4, -0.2) is 27.8 Å². The van der Waals surface area contributed by atoms with Gasteiger partial charge < -0.3 is 11.1 Å². The summed E-state index contributed by atoms with van der Waals surface area (Å²) in [5.41, 5.74) is 13.3. The van der Waals surface area contributed by atoms with Crippen LogP contribution in [0.2, 0.25) is 0 Å². The molecule has 0 bridgehead atoms. The van der Waals surface area contributed by atoms with Gasteiger partial charge in [0.1, 0.15) is 5.84 Å². The van der Waals surface area contributed by atoms with Crippen LogP contribution in [0.15, 0.2) is 52.6 Å².